The topological polar surface area (TPSA) is 77.8 Å². The van der Waals surface area contributed by atoms with E-state index in [0.29, 0.717) is 19.3 Å². The number of carboxylic acids is 1. The molecule has 0 bridgehead atoms. The lowest BCUT2D eigenvalue weighted by Gasteiger charge is -2.14. The van der Waals surface area contributed by atoms with Gasteiger partial charge in [0.1, 0.15) is 0 Å². The highest BCUT2D eigenvalue weighted by Crippen LogP contribution is 2.06. The van der Waals surface area contributed by atoms with Crippen LogP contribution in [0.2, 0.25) is 0 Å². The van der Waals surface area contributed by atoms with Crippen LogP contribution < -0.4 is 0 Å². The number of unbranched alkanes of at least 4 members (excludes halogenated alkanes) is 1. The SMILES string of the molecule is CC/C=C\C[C@H](O)[C@@H](O)C/C=C\C/C=C\C/C=C\CCCC(=O)O. The molecule has 0 aliphatic rings. The summed E-state index contributed by atoms with van der Waals surface area (Å²) in [6.45, 7) is 2.03. The third-order valence-electron chi connectivity index (χ3n) is 3.41. The monoisotopic (exact) mass is 336 g/mol. The molecular weight excluding hydrogens is 304 g/mol. The highest BCUT2D eigenvalue weighted by Gasteiger charge is 2.12. The molecule has 0 unspecified atom stereocenters. The van der Waals surface area contributed by atoms with Crippen molar-refractivity contribution in [2.45, 2.75) is 70.5 Å². The molecule has 0 aliphatic carbocycles. The first-order valence-electron chi connectivity index (χ1n) is 8.75. The van der Waals surface area contributed by atoms with Crippen LogP contribution in [0.4, 0.5) is 0 Å². The molecule has 4 nitrogen and oxygen atoms in total. The second-order valence-electron chi connectivity index (χ2n) is 5.66. The molecular formula is C20H32O4. The molecule has 0 amide bonds. The van der Waals surface area contributed by atoms with E-state index in [1.165, 1.54) is 0 Å². The second kappa shape index (κ2) is 16.2. The maximum atomic E-state index is 10.3. The van der Waals surface area contributed by atoms with Gasteiger partial charge in [0.05, 0.1) is 12.2 Å². The van der Waals surface area contributed by atoms with Crippen LogP contribution in [-0.4, -0.2) is 33.5 Å². The van der Waals surface area contributed by atoms with E-state index in [4.69, 9.17) is 5.11 Å². The molecule has 3 N–H and O–H groups in total. The Labute approximate surface area is 145 Å². The molecule has 0 radical (unpaired) electrons. The molecule has 24 heavy (non-hydrogen) atoms. The van der Waals surface area contributed by atoms with E-state index in [1.807, 2.05) is 49.5 Å². The van der Waals surface area contributed by atoms with Gasteiger partial charge in [0.15, 0.2) is 0 Å². The van der Waals surface area contributed by atoms with Crippen LogP contribution in [0, 0.1) is 0 Å². The van der Waals surface area contributed by atoms with Gasteiger partial charge in [0.2, 0.25) is 0 Å². The van der Waals surface area contributed by atoms with Crippen molar-refractivity contribution in [3.63, 3.8) is 0 Å². The Balaban J connectivity index is 3.68. The Morgan fingerprint density at radius 1 is 0.833 bits per heavy atom. The van der Waals surface area contributed by atoms with Gasteiger partial charge in [-0.2, -0.15) is 0 Å². The van der Waals surface area contributed by atoms with Crippen molar-refractivity contribution in [3.8, 4) is 0 Å². The van der Waals surface area contributed by atoms with Crippen molar-refractivity contribution >= 4 is 5.97 Å². The van der Waals surface area contributed by atoms with Crippen molar-refractivity contribution < 1.29 is 20.1 Å². The van der Waals surface area contributed by atoms with Crippen LogP contribution >= 0.6 is 0 Å². The highest BCUT2D eigenvalue weighted by molar-refractivity contribution is 5.66. The summed E-state index contributed by atoms with van der Waals surface area (Å²) >= 11 is 0. The smallest absolute Gasteiger partial charge is 0.303 e. The summed E-state index contributed by atoms with van der Waals surface area (Å²) in [5.74, 6) is -0.745. The molecule has 0 heterocycles. The van der Waals surface area contributed by atoms with Crippen LogP contribution in [0.3, 0.4) is 0 Å². The number of hydrogen-bond donors (Lipinski definition) is 3. The normalized spacial score (nSPS) is 15.1. The Hall–Kier alpha value is -1.65. The van der Waals surface area contributed by atoms with Crippen LogP contribution in [0.1, 0.15) is 58.3 Å². The first-order chi connectivity index (χ1) is 11.6. The van der Waals surface area contributed by atoms with Crippen molar-refractivity contribution in [2.24, 2.45) is 0 Å². The summed E-state index contributed by atoms with van der Waals surface area (Å²) in [7, 11) is 0. The first kappa shape index (κ1) is 22.4. The molecule has 4 heteroatoms. The lowest BCUT2D eigenvalue weighted by atomic mass is 10.1. The van der Waals surface area contributed by atoms with Gasteiger partial charge in [-0.3, -0.25) is 4.79 Å². The van der Waals surface area contributed by atoms with Crippen LogP contribution in [0.25, 0.3) is 0 Å². The predicted molar refractivity (Wildman–Crippen MR) is 98.8 cm³/mol. The number of aliphatic hydroxyl groups is 2. The zero-order valence-electron chi connectivity index (χ0n) is 14.7. The Kier molecular flexibility index (Phi) is 15.1. The van der Waals surface area contributed by atoms with Crippen molar-refractivity contribution in [1.29, 1.82) is 0 Å². The van der Waals surface area contributed by atoms with Gasteiger partial charge < -0.3 is 15.3 Å². The van der Waals surface area contributed by atoms with Crippen molar-refractivity contribution in [2.75, 3.05) is 0 Å². The minimum Gasteiger partial charge on any atom is -0.481 e. The first-order valence-corrected chi connectivity index (χ1v) is 8.75. The van der Waals surface area contributed by atoms with Gasteiger partial charge in [-0.15, -0.1) is 0 Å². The van der Waals surface area contributed by atoms with Gasteiger partial charge in [0.25, 0.3) is 0 Å². The van der Waals surface area contributed by atoms with Gasteiger partial charge in [-0.1, -0.05) is 55.5 Å². The molecule has 0 saturated carbocycles. The number of allylic oxidation sites excluding steroid dienone is 6. The largest absolute Gasteiger partial charge is 0.481 e. The lowest BCUT2D eigenvalue weighted by molar-refractivity contribution is -0.137. The van der Waals surface area contributed by atoms with Crippen LogP contribution in [0.15, 0.2) is 48.6 Å². The van der Waals surface area contributed by atoms with Gasteiger partial charge in [0, 0.05) is 6.42 Å². The zero-order chi connectivity index (χ0) is 18.0. The number of carboxylic acid groups (broad SMARTS) is 1. The highest BCUT2D eigenvalue weighted by atomic mass is 16.4. The molecule has 0 aromatic carbocycles. The van der Waals surface area contributed by atoms with E-state index >= 15 is 0 Å². The minimum absolute atomic E-state index is 0.223. The maximum Gasteiger partial charge on any atom is 0.303 e. The summed E-state index contributed by atoms with van der Waals surface area (Å²) in [5, 5.41) is 28.0. The van der Waals surface area contributed by atoms with Crippen LogP contribution in [-0.2, 0) is 4.79 Å². The maximum absolute atomic E-state index is 10.3. The number of hydrogen-bond acceptors (Lipinski definition) is 3. The van der Waals surface area contributed by atoms with E-state index in [-0.39, 0.29) is 6.42 Å². The summed E-state index contributed by atoms with van der Waals surface area (Å²) in [4.78, 5) is 10.3. The average molecular weight is 336 g/mol. The second-order valence-corrected chi connectivity index (χ2v) is 5.66. The number of aliphatic carboxylic acids is 1. The number of carbonyl (C=O) groups is 1. The Morgan fingerprint density at radius 3 is 1.88 bits per heavy atom. The fourth-order valence-electron chi connectivity index (χ4n) is 1.98. The van der Waals surface area contributed by atoms with E-state index in [2.05, 4.69) is 6.08 Å². The average Bonchev–Trinajstić information content (AvgIpc) is 2.55. The van der Waals surface area contributed by atoms with Crippen molar-refractivity contribution in [3.05, 3.63) is 48.6 Å². The lowest BCUT2D eigenvalue weighted by Crippen LogP contribution is -2.24. The summed E-state index contributed by atoms with van der Waals surface area (Å²) in [5.41, 5.74) is 0. The van der Waals surface area contributed by atoms with E-state index < -0.39 is 18.2 Å². The quantitative estimate of drug-likeness (QED) is 0.329. The standard InChI is InChI=1S/C20H32O4/c1-2-3-12-15-18(21)19(22)16-13-10-8-6-4-5-7-9-11-14-17-20(23)24/h3-4,6-7,9-10,12-13,18-19,21-22H,2,5,8,11,14-17H2,1H3,(H,23,24)/b6-4-,9-7-,12-3-,13-10-/t18-,19-/m0/s1. The van der Waals surface area contributed by atoms with E-state index in [0.717, 1.165) is 25.7 Å². The minimum atomic E-state index is -0.745. The zero-order valence-corrected chi connectivity index (χ0v) is 14.7. The summed E-state index contributed by atoms with van der Waals surface area (Å²) in [6.07, 6.45) is 19.7. The molecule has 136 valence electrons. The summed E-state index contributed by atoms with van der Waals surface area (Å²) < 4.78 is 0. The molecule has 0 rings (SSSR count). The fourth-order valence-corrected chi connectivity index (χ4v) is 1.98. The molecule has 0 aromatic heterocycles. The van der Waals surface area contributed by atoms with E-state index in [1.54, 1.807) is 0 Å². The fraction of sp³-hybridized carbons (Fsp3) is 0.550. The van der Waals surface area contributed by atoms with Crippen molar-refractivity contribution in [1.82, 2.24) is 0 Å². The summed E-state index contributed by atoms with van der Waals surface area (Å²) in [6, 6.07) is 0. The molecule has 0 saturated heterocycles. The predicted octanol–water partition coefficient (Wildman–Crippen LogP) is 4.16. The number of rotatable bonds is 14. The van der Waals surface area contributed by atoms with E-state index in [9.17, 15) is 15.0 Å². The Bertz CT molecular complexity index is 421. The van der Waals surface area contributed by atoms with Gasteiger partial charge in [-0.05, 0) is 44.9 Å². The molecule has 0 aliphatic heterocycles. The molecule has 0 aromatic rings. The van der Waals surface area contributed by atoms with Crippen LogP contribution in [0.5, 0.6) is 0 Å². The third-order valence-corrected chi connectivity index (χ3v) is 3.41. The third kappa shape index (κ3) is 15.3. The molecule has 0 spiro atoms. The van der Waals surface area contributed by atoms with Gasteiger partial charge in [-0.25, -0.2) is 0 Å². The molecule has 0 fully saturated rings. The van der Waals surface area contributed by atoms with Gasteiger partial charge >= 0.3 is 5.97 Å². The number of aliphatic hydroxyl groups excluding tert-OH is 2. The molecule has 2 atom stereocenters. The Morgan fingerprint density at radius 2 is 1.33 bits per heavy atom.